The molecule has 0 aromatic carbocycles. The number of hydrogen-bond donors (Lipinski definition) is 1. The van der Waals surface area contributed by atoms with Gasteiger partial charge >= 0.3 is 0 Å². The zero-order chi connectivity index (χ0) is 11.1. The molecule has 1 rings (SSSR count). The van der Waals surface area contributed by atoms with Gasteiger partial charge in [-0.1, -0.05) is 13.8 Å². The van der Waals surface area contributed by atoms with Crippen molar-refractivity contribution in [3.8, 4) is 0 Å². The average molecular weight is 215 g/mol. The van der Waals surface area contributed by atoms with Crippen LogP contribution in [0.1, 0.15) is 33.1 Å². The van der Waals surface area contributed by atoms with Crippen LogP contribution in [0, 0.1) is 11.3 Å². The molecule has 0 aromatic heterocycles. The fourth-order valence-corrected chi connectivity index (χ4v) is 1.98. The Morgan fingerprint density at radius 3 is 2.80 bits per heavy atom. The van der Waals surface area contributed by atoms with E-state index < -0.39 is 0 Å². The van der Waals surface area contributed by atoms with Crippen LogP contribution in [0.4, 0.5) is 0 Å². The van der Waals surface area contributed by atoms with Gasteiger partial charge in [0.15, 0.2) is 0 Å². The van der Waals surface area contributed by atoms with E-state index in [0.29, 0.717) is 5.92 Å². The highest BCUT2D eigenvalue weighted by Gasteiger charge is 2.31. The van der Waals surface area contributed by atoms with Crippen LogP contribution in [-0.2, 0) is 9.47 Å². The van der Waals surface area contributed by atoms with Crippen molar-refractivity contribution < 1.29 is 9.47 Å². The van der Waals surface area contributed by atoms with E-state index in [0.717, 1.165) is 45.8 Å². The third kappa shape index (κ3) is 4.49. The first kappa shape index (κ1) is 12.9. The van der Waals surface area contributed by atoms with Gasteiger partial charge in [0.2, 0.25) is 0 Å². The fraction of sp³-hybridized carbons (Fsp3) is 1.00. The molecule has 0 saturated carbocycles. The Morgan fingerprint density at radius 2 is 2.27 bits per heavy atom. The molecule has 1 aliphatic rings. The van der Waals surface area contributed by atoms with Gasteiger partial charge in [-0.3, -0.25) is 0 Å². The van der Waals surface area contributed by atoms with E-state index in [1.165, 1.54) is 6.42 Å². The summed E-state index contributed by atoms with van der Waals surface area (Å²) in [5.74, 6) is 0.612. The van der Waals surface area contributed by atoms with Gasteiger partial charge in [0.05, 0.1) is 6.61 Å². The molecular weight excluding hydrogens is 190 g/mol. The van der Waals surface area contributed by atoms with Crippen LogP contribution in [0.2, 0.25) is 0 Å². The molecule has 0 spiro atoms. The summed E-state index contributed by atoms with van der Waals surface area (Å²) < 4.78 is 11.1. The predicted molar refractivity (Wildman–Crippen MR) is 61.8 cm³/mol. The Labute approximate surface area is 93.3 Å². The van der Waals surface area contributed by atoms with Crippen molar-refractivity contribution in [3.63, 3.8) is 0 Å². The first-order valence-electron chi connectivity index (χ1n) is 6.04. The van der Waals surface area contributed by atoms with Crippen molar-refractivity contribution in [2.75, 3.05) is 33.0 Å². The lowest BCUT2D eigenvalue weighted by atomic mass is 9.80. The Balaban J connectivity index is 2.20. The van der Waals surface area contributed by atoms with E-state index in [1.807, 2.05) is 0 Å². The molecule has 90 valence electrons. The second kappa shape index (κ2) is 6.46. The van der Waals surface area contributed by atoms with Gasteiger partial charge in [-0.2, -0.15) is 0 Å². The molecule has 0 aliphatic carbocycles. The highest BCUT2D eigenvalue weighted by Crippen LogP contribution is 2.31. The van der Waals surface area contributed by atoms with Crippen molar-refractivity contribution >= 4 is 0 Å². The van der Waals surface area contributed by atoms with E-state index in [-0.39, 0.29) is 5.41 Å². The lowest BCUT2D eigenvalue weighted by molar-refractivity contribution is -0.0248. The van der Waals surface area contributed by atoms with Crippen LogP contribution in [-0.4, -0.2) is 33.0 Å². The summed E-state index contributed by atoms with van der Waals surface area (Å²) in [6, 6.07) is 0. The molecule has 1 heterocycles. The number of ether oxygens (including phenoxy) is 2. The maximum Gasteiger partial charge on any atom is 0.0535 e. The Bertz CT molecular complexity index is 165. The quantitative estimate of drug-likeness (QED) is 0.687. The van der Waals surface area contributed by atoms with Crippen LogP contribution in [0.15, 0.2) is 0 Å². The van der Waals surface area contributed by atoms with Gasteiger partial charge in [0.1, 0.15) is 0 Å². The van der Waals surface area contributed by atoms with E-state index in [9.17, 15) is 0 Å². The summed E-state index contributed by atoms with van der Waals surface area (Å²) in [5.41, 5.74) is 6.03. The number of rotatable bonds is 6. The third-order valence-electron chi connectivity index (χ3n) is 3.06. The van der Waals surface area contributed by atoms with E-state index >= 15 is 0 Å². The second-order valence-electron chi connectivity index (χ2n) is 5.08. The van der Waals surface area contributed by atoms with Crippen molar-refractivity contribution in [3.05, 3.63) is 0 Å². The van der Waals surface area contributed by atoms with Gasteiger partial charge in [0, 0.05) is 31.8 Å². The zero-order valence-electron chi connectivity index (χ0n) is 10.1. The molecule has 0 radical (unpaired) electrons. The Kier molecular flexibility index (Phi) is 5.58. The summed E-state index contributed by atoms with van der Waals surface area (Å²) >= 11 is 0. The zero-order valence-corrected chi connectivity index (χ0v) is 10.1. The SMILES string of the molecule is CC(C)COCCC1(CN)CCCOC1. The van der Waals surface area contributed by atoms with Gasteiger partial charge in [0.25, 0.3) is 0 Å². The van der Waals surface area contributed by atoms with Gasteiger partial charge in [-0.25, -0.2) is 0 Å². The summed E-state index contributed by atoms with van der Waals surface area (Å²) in [4.78, 5) is 0. The standard InChI is InChI=1S/C12H25NO2/c1-11(2)8-14-7-5-12(9-13)4-3-6-15-10-12/h11H,3-10,13H2,1-2H3. The molecule has 1 aliphatic heterocycles. The topological polar surface area (TPSA) is 44.5 Å². The van der Waals surface area contributed by atoms with E-state index in [2.05, 4.69) is 13.8 Å². The van der Waals surface area contributed by atoms with Crippen molar-refractivity contribution in [1.29, 1.82) is 0 Å². The minimum atomic E-state index is 0.190. The molecule has 2 N–H and O–H groups in total. The second-order valence-corrected chi connectivity index (χ2v) is 5.08. The average Bonchev–Trinajstić information content (AvgIpc) is 2.26. The normalized spacial score (nSPS) is 27.2. The predicted octanol–water partition coefficient (Wildman–Crippen LogP) is 1.80. The van der Waals surface area contributed by atoms with Crippen molar-refractivity contribution in [2.24, 2.45) is 17.1 Å². The summed E-state index contributed by atoms with van der Waals surface area (Å²) in [6.45, 7) is 8.44. The largest absolute Gasteiger partial charge is 0.381 e. The summed E-state index contributed by atoms with van der Waals surface area (Å²) in [5, 5.41) is 0. The maximum atomic E-state index is 5.84. The molecule has 15 heavy (non-hydrogen) atoms. The van der Waals surface area contributed by atoms with Crippen LogP contribution < -0.4 is 5.73 Å². The monoisotopic (exact) mass is 215 g/mol. The lowest BCUT2D eigenvalue weighted by Crippen LogP contribution is -2.39. The summed E-state index contributed by atoms with van der Waals surface area (Å²) in [6.07, 6.45) is 3.37. The van der Waals surface area contributed by atoms with Gasteiger partial charge in [-0.15, -0.1) is 0 Å². The van der Waals surface area contributed by atoms with Gasteiger partial charge in [-0.05, 0) is 25.2 Å². The van der Waals surface area contributed by atoms with Crippen LogP contribution in [0.25, 0.3) is 0 Å². The van der Waals surface area contributed by atoms with Crippen molar-refractivity contribution in [1.82, 2.24) is 0 Å². The maximum absolute atomic E-state index is 5.84. The lowest BCUT2D eigenvalue weighted by Gasteiger charge is -2.35. The molecule has 1 unspecified atom stereocenters. The highest BCUT2D eigenvalue weighted by molar-refractivity contribution is 4.82. The Morgan fingerprint density at radius 1 is 1.47 bits per heavy atom. The van der Waals surface area contributed by atoms with Crippen LogP contribution in [0.5, 0.6) is 0 Å². The smallest absolute Gasteiger partial charge is 0.0535 e. The molecule has 3 nitrogen and oxygen atoms in total. The van der Waals surface area contributed by atoms with E-state index in [1.54, 1.807) is 0 Å². The molecule has 1 saturated heterocycles. The molecule has 0 aromatic rings. The minimum Gasteiger partial charge on any atom is -0.381 e. The first-order valence-corrected chi connectivity index (χ1v) is 6.04. The fourth-order valence-electron chi connectivity index (χ4n) is 1.98. The Hall–Kier alpha value is -0.120. The molecule has 3 heteroatoms. The first-order chi connectivity index (χ1) is 7.18. The highest BCUT2D eigenvalue weighted by atomic mass is 16.5. The van der Waals surface area contributed by atoms with Crippen LogP contribution in [0.3, 0.4) is 0 Å². The van der Waals surface area contributed by atoms with Gasteiger partial charge < -0.3 is 15.2 Å². The third-order valence-corrected chi connectivity index (χ3v) is 3.06. The van der Waals surface area contributed by atoms with Crippen molar-refractivity contribution in [2.45, 2.75) is 33.1 Å². The molecule has 0 bridgehead atoms. The molecule has 1 atom stereocenters. The van der Waals surface area contributed by atoms with E-state index in [4.69, 9.17) is 15.2 Å². The molecule has 0 amide bonds. The summed E-state index contributed by atoms with van der Waals surface area (Å²) in [7, 11) is 0. The minimum absolute atomic E-state index is 0.190. The molecule has 1 fully saturated rings. The molecular formula is C12H25NO2. The number of hydrogen-bond acceptors (Lipinski definition) is 3. The van der Waals surface area contributed by atoms with Crippen LogP contribution >= 0.6 is 0 Å². The number of nitrogens with two attached hydrogens (primary N) is 1.